The number of hydrazine groups is 1. The number of hydrogen-bond donors (Lipinski definition) is 2. The Hall–Kier alpha value is -3.09. The topological polar surface area (TPSA) is 146 Å². The third kappa shape index (κ3) is 5.99. The minimum absolute atomic E-state index is 0.0325. The largest absolute Gasteiger partial charge is 0.490 e. The average Bonchev–Trinajstić information content (AvgIpc) is 2.74. The van der Waals surface area contributed by atoms with Gasteiger partial charge in [0.2, 0.25) is 5.75 Å². The second-order valence-electron chi connectivity index (χ2n) is 6.03. The highest BCUT2D eigenvalue weighted by atomic mass is 35.5. The first-order chi connectivity index (χ1) is 15.1. The molecule has 2 rings (SSSR count). The molecule has 2 aromatic rings. The van der Waals surface area contributed by atoms with Crippen LogP contribution >= 0.6 is 11.6 Å². The molecule has 0 aliphatic rings. The fourth-order valence-corrected chi connectivity index (χ4v) is 3.61. The summed E-state index contributed by atoms with van der Waals surface area (Å²) in [5.74, 6) is 0.00654. The number of nitrogens with one attached hydrogen (secondary N) is 2. The van der Waals surface area contributed by atoms with Gasteiger partial charge in [-0.05, 0) is 45.0 Å². The van der Waals surface area contributed by atoms with Crippen LogP contribution in [0.5, 0.6) is 17.2 Å². The number of nitrogens with zero attached hydrogens (tertiary/aromatic N) is 1. The van der Waals surface area contributed by atoms with E-state index in [-0.39, 0.29) is 22.1 Å². The maximum Gasteiger partial charge on any atom is 0.289 e. The Balaban J connectivity index is 2.30. The molecule has 174 valence electrons. The number of halogens is 1. The highest BCUT2D eigenvalue weighted by Gasteiger charge is 2.23. The molecule has 11 nitrogen and oxygen atoms in total. The molecule has 0 radical (unpaired) electrons. The summed E-state index contributed by atoms with van der Waals surface area (Å²) in [5, 5.41) is 10.8. The Morgan fingerprint density at radius 3 is 2.09 bits per heavy atom. The van der Waals surface area contributed by atoms with Crippen LogP contribution in [0, 0.1) is 10.1 Å². The Morgan fingerprint density at radius 2 is 1.59 bits per heavy atom. The van der Waals surface area contributed by atoms with Gasteiger partial charge in [0.15, 0.2) is 11.5 Å². The summed E-state index contributed by atoms with van der Waals surface area (Å²) in [6, 6.07) is 5.70. The summed E-state index contributed by atoms with van der Waals surface area (Å²) in [6.07, 6.45) is 0. The normalized spacial score (nSPS) is 11.0. The van der Waals surface area contributed by atoms with Crippen molar-refractivity contribution in [1.82, 2.24) is 10.3 Å². The predicted octanol–water partition coefficient (Wildman–Crippen LogP) is 3.07. The molecular formula is C19H22ClN3O8S. The molecule has 0 atom stereocenters. The lowest BCUT2D eigenvalue weighted by atomic mass is 10.1. The fourth-order valence-electron chi connectivity index (χ4n) is 2.56. The second kappa shape index (κ2) is 11.0. The highest BCUT2D eigenvalue weighted by Crippen LogP contribution is 2.39. The molecule has 0 aliphatic heterocycles. The monoisotopic (exact) mass is 487 g/mol. The maximum absolute atomic E-state index is 12.6. The van der Waals surface area contributed by atoms with Crippen molar-refractivity contribution in [2.75, 3.05) is 19.8 Å². The minimum atomic E-state index is -4.33. The second-order valence-corrected chi connectivity index (χ2v) is 8.12. The van der Waals surface area contributed by atoms with Gasteiger partial charge >= 0.3 is 0 Å². The SMILES string of the molecule is CCOc1cc(C(=O)NNS(=O)(=O)c2ccc(Cl)c([N+](=O)[O-])c2)cc(OCC)c1OCC. The van der Waals surface area contributed by atoms with Crippen molar-refractivity contribution in [1.29, 1.82) is 0 Å². The van der Waals surface area contributed by atoms with Gasteiger partial charge in [-0.15, -0.1) is 4.83 Å². The first-order valence-corrected chi connectivity index (χ1v) is 11.3. The van der Waals surface area contributed by atoms with Gasteiger partial charge in [-0.25, -0.2) is 8.42 Å². The molecule has 0 saturated heterocycles. The van der Waals surface area contributed by atoms with E-state index >= 15 is 0 Å². The third-order valence-corrected chi connectivity index (χ3v) is 5.46. The summed E-state index contributed by atoms with van der Waals surface area (Å²) in [4.78, 5) is 24.2. The van der Waals surface area contributed by atoms with Crippen molar-refractivity contribution >= 4 is 33.2 Å². The van der Waals surface area contributed by atoms with Gasteiger partial charge in [0.1, 0.15) is 5.02 Å². The van der Waals surface area contributed by atoms with Crippen LogP contribution in [0.4, 0.5) is 5.69 Å². The molecule has 32 heavy (non-hydrogen) atoms. The van der Waals surface area contributed by atoms with Crippen molar-refractivity contribution in [3.05, 3.63) is 51.0 Å². The summed E-state index contributed by atoms with van der Waals surface area (Å²) in [5.41, 5.74) is 1.50. The molecule has 0 unspecified atom stereocenters. The van der Waals surface area contributed by atoms with E-state index < -0.39 is 31.4 Å². The van der Waals surface area contributed by atoms with Gasteiger partial charge in [-0.1, -0.05) is 11.6 Å². The lowest BCUT2D eigenvalue weighted by Crippen LogP contribution is -2.41. The average molecular weight is 488 g/mol. The van der Waals surface area contributed by atoms with Gasteiger partial charge in [0.05, 0.1) is 29.6 Å². The van der Waals surface area contributed by atoms with Crippen LogP contribution in [-0.2, 0) is 10.0 Å². The summed E-state index contributed by atoms with van der Waals surface area (Å²) in [7, 11) is -4.33. The van der Waals surface area contributed by atoms with Crippen LogP contribution in [-0.4, -0.2) is 39.1 Å². The van der Waals surface area contributed by atoms with E-state index in [2.05, 4.69) is 5.43 Å². The third-order valence-electron chi connectivity index (χ3n) is 3.89. The molecule has 0 heterocycles. The number of amides is 1. The number of ether oxygens (including phenoxy) is 3. The van der Waals surface area contributed by atoms with Gasteiger partial charge in [-0.2, -0.15) is 0 Å². The standard InChI is InChI=1S/C19H22ClN3O8S/c1-4-29-16-9-12(10-17(30-5-2)18(16)31-6-3)19(24)21-22-32(27,28)13-7-8-14(20)15(11-13)23(25)26/h7-11,22H,4-6H2,1-3H3,(H,21,24). The first-order valence-electron chi connectivity index (χ1n) is 9.47. The maximum atomic E-state index is 12.6. The molecule has 0 spiro atoms. The number of hydrogen-bond acceptors (Lipinski definition) is 8. The smallest absolute Gasteiger partial charge is 0.289 e. The number of rotatable bonds is 11. The summed E-state index contributed by atoms with van der Waals surface area (Å²) in [6.45, 7) is 6.20. The molecule has 0 bridgehead atoms. The Labute approximate surface area is 189 Å². The van der Waals surface area contributed by atoms with Crippen molar-refractivity contribution in [2.24, 2.45) is 0 Å². The van der Waals surface area contributed by atoms with Crippen molar-refractivity contribution < 1.29 is 32.3 Å². The first kappa shape index (κ1) is 25.2. The van der Waals surface area contributed by atoms with E-state index in [9.17, 15) is 23.3 Å². The van der Waals surface area contributed by atoms with Gasteiger partial charge < -0.3 is 14.2 Å². The van der Waals surface area contributed by atoms with Crippen LogP contribution in [0.1, 0.15) is 31.1 Å². The number of benzene rings is 2. The number of nitro benzene ring substituents is 1. The van der Waals surface area contributed by atoms with Gasteiger partial charge in [0, 0.05) is 11.6 Å². The molecule has 0 saturated carbocycles. The number of nitro groups is 1. The zero-order valence-electron chi connectivity index (χ0n) is 17.5. The number of carbonyl (C=O) groups excluding carboxylic acids is 1. The van der Waals surface area contributed by atoms with E-state index in [1.807, 2.05) is 4.83 Å². The van der Waals surface area contributed by atoms with E-state index in [4.69, 9.17) is 25.8 Å². The Bertz CT molecular complexity index is 1080. The number of sulfonamides is 1. The summed E-state index contributed by atoms with van der Waals surface area (Å²) >= 11 is 5.70. The molecule has 2 N–H and O–H groups in total. The lowest BCUT2D eigenvalue weighted by molar-refractivity contribution is -0.384. The molecule has 1 amide bonds. The van der Waals surface area contributed by atoms with E-state index in [0.717, 1.165) is 18.2 Å². The van der Waals surface area contributed by atoms with E-state index in [1.165, 1.54) is 12.1 Å². The highest BCUT2D eigenvalue weighted by molar-refractivity contribution is 7.89. The van der Waals surface area contributed by atoms with Crippen LogP contribution in [0.25, 0.3) is 0 Å². The number of carbonyl (C=O) groups is 1. The Morgan fingerprint density at radius 1 is 1.03 bits per heavy atom. The zero-order chi connectivity index (χ0) is 23.9. The van der Waals surface area contributed by atoms with Gasteiger partial charge in [0.25, 0.3) is 21.6 Å². The lowest BCUT2D eigenvalue weighted by Gasteiger charge is -2.17. The van der Waals surface area contributed by atoms with E-state index in [1.54, 1.807) is 20.8 Å². The van der Waals surface area contributed by atoms with Crippen molar-refractivity contribution in [2.45, 2.75) is 25.7 Å². The summed E-state index contributed by atoms with van der Waals surface area (Å²) < 4.78 is 41.6. The van der Waals surface area contributed by atoms with Crippen LogP contribution in [0.2, 0.25) is 5.02 Å². The van der Waals surface area contributed by atoms with Crippen molar-refractivity contribution in [3.8, 4) is 17.2 Å². The van der Waals surface area contributed by atoms with Gasteiger partial charge in [-0.3, -0.25) is 20.3 Å². The Kier molecular flexibility index (Phi) is 8.63. The molecule has 13 heteroatoms. The molecular weight excluding hydrogens is 466 g/mol. The molecule has 2 aromatic carbocycles. The molecule has 0 aromatic heterocycles. The molecule has 0 fully saturated rings. The predicted molar refractivity (Wildman–Crippen MR) is 116 cm³/mol. The zero-order valence-corrected chi connectivity index (χ0v) is 19.1. The van der Waals surface area contributed by atoms with Crippen LogP contribution in [0.3, 0.4) is 0 Å². The van der Waals surface area contributed by atoms with E-state index in [0.29, 0.717) is 25.6 Å². The van der Waals surface area contributed by atoms with Crippen LogP contribution in [0.15, 0.2) is 35.2 Å². The molecule has 0 aliphatic carbocycles. The minimum Gasteiger partial charge on any atom is -0.490 e. The van der Waals surface area contributed by atoms with Crippen molar-refractivity contribution in [3.63, 3.8) is 0 Å². The fraction of sp³-hybridized carbons (Fsp3) is 0.316. The van der Waals surface area contributed by atoms with Crippen LogP contribution < -0.4 is 24.5 Å². The quantitative estimate of drug-likeness (QED) is 0.363.